The summed E-state index contributed by atoms with van der Waals surface area (Å²) < 4.78 is 9.41. The van der Waals surface area contributed by atoms with Crippen LogP contribution in [0.4, 0.5) is 4.79 Å². The zero-order valence-corrected chi connectivity index (χ0v) is 35.7. The standard InChI is InChI=1S/C42H73N5O7/c1-14-15-53-33(48)43-32-20-39(9,10)24-42(13,21-32)27-47-35(50)45(25-40(11)17-28(2)16-37(5,6)22-40)34(49)46(36(47)51)26-41(12)19-31(18-38(7,8)23-41)29(3)30(4)44-54-52/h28-29,31-32,44,52H,4,14-27H2,1-3,5-13H3,(H,43,48). The SMILES string of the molecule is C=C(NOO)C(C)C1CC(C)(C)CC(C)(Cn2c(=O)n(CC3(C)CC(C)CC(C)(C)C3)c(=O)n(CC3(C)CC(NC(=O)OCCC)CC(C)(C)C3)c2=O)C1. The molecule has 54 heavy (non-hydrogen) atoms. The van der Waals surface area contributed by atoms with Gasteiger partial charge in [-0.05, 0) is 109 Å². The van der Waals surface area contributed by atoms with Gasteiger partial charge in [0.05, 0.1) is 6.61 Å². The van der Waals surface area contributed by atoms with E-state index in [-0.39, 0.29) is 59.2 Å². The number of amides is 1. The number of nitrogens with one attached hydrogen (secondary N) is 2. The largest absolute Gasteiger partial charge is 0.450 e. The van der Waals surface area contributed by atoms with Crippen LogP contribution in [0.25, 0.3) is 0 Å². The van der Waals surface area contributed by atoms with Gasteiger partial charge in [0.1, 0.15) is 0 Å². The Kier molecular flexibility index (Phi) is 13.0. The Morgan fingerprint density at radius 3 is 1.67 bits per heavy atom. The lowest BCUT2D eigenvalue weighted by Crippen LogP contribution is -2.59. The highest BCUT2D eigenvalue weighted by Crippen LogP contribution is 2.52. The topological polar surface area (TPSA) is 146 Å². The summed E-state index contributed by atoms with van der Waals surface area (Å²) in [7, 11) is 0. The van der Waals surface area contributed by atoms with Gasteiger partial charge in [-0.25, -0.2) is 43.6 Å². The van der Waals surface area contributed by atoms with Crippen molar-refractivity contribution in [2.24, 2.45) is 50.2 Å². The number of carbonyl (C=O) groups is 1. The molecular formula is C42H73N5O7. The van der Waals surface area contributed by atoms with Crippen LogP contribution in [0.5, 0.6) is 0 Å². The van der Waals surface area contributed by atoms with E-state index in [0.29, 0.717) is 31.1 Å². The van der Waals surface area contributed by atoms with Gasteiger partial charge >= 0.3 is 23.2 Å². The molecule has 12 nitrogen and oxygen atoms in total. The maximum absolute atomic E-state index is 14.8. The number of hydrogen-bond acceptors (Lipinski definition) is 8. The maximum Gasteiger partial charge on any atom is 0.407 e. The predicted octanol–water partition coefficient (Wildman–Crippen LogP) is 7.72. The molecule has 3 aliphatic rings. The normalized spacial score (nSPS) is 32.4. The van der Waals surface area contributed by atoms with Crippen LogP contribution in [0.2, 0.25) is 0 Å². The first kappa shape index (κ1) is 43.9. The lowest BCUT2D eigenvalue weighted by molar-refractivity contribution is -0.285. The highest BCUT2D eigenvalue weighted by atomic mass is 17.2. The van der Waals surface area contributed by atoms with Gasteiger partial charge in [0.25, 0.3) is 0 Å². The third kappa shape index (κ3) is 10.7. The summed E-state index contributed by atoms with van der Waals surface area (Å²) in [6, 6.07) is -0.195. The molecular weight excluding hydrogens is 686 g/mol. The fraction of sp³-hybridized carbons (Fsp3) is 0.857. The predicted molar refractivity (Wildman–Crippen MR) is 213 cm³/mol. The van der Waals surface area contributed by atoms with Crippen LogP contribution < -0.4 is 27.9 Å². The first-order chi connectivity index (χ1) is 24.7. The van der Waals surface area contributed by atoms with E-state index in [4.69, 9.17) is 9.99 Å². The average molecular weight is 760 g/mol. The van der Waals surface area contributed by atoms with Gasteiger partial charge in [-0.3, -0.25) is 0 Å². The van der Waals surface area contributed by atoms with Gasteiger partial charge in [0.2, 0.25) is 0 Å². The van der Waals surface area contributed by atoms with Gasteiger partial charge in [-0.15, -0.1) is 4.99 Å². The summed E-state index contributed by atoms with van der Waals surface area (Å²) in [4.78, 5) is 61.1. The van der Waals surface area contributed by atoms with Gasteiger partial charge in [-0.2, -0.15) is 0 Å². The van der Waals surface area contributed by atoms with E-state index in [1.165, 1.54) is 13.7 Å². The average Bonchev–Trinajstić information content (AvgIpc) is 2.99. The third-order valence-electron chi connectivity index (χ3n) is 12.8. The highest BCUT2D eigenvalue weighted by Gasteiger charge is 2.46. The van der Waals surface area contributed by atoms with Gasteiger partial charge in [0, 0.05) is 37.3 Å². The molecule has 0 spiro atoms. The number of carbonyl (C=O) groups excluding carboxylic acids is 1. The smallest absolute Gasteiger partial charge is 0.407 e. The number of alkyl carbamates (subject to hydrolysis) is 1. The number of nitrogens with zero attached hydrogens (tertiary/aromatic N) is 3. The van der Waals surface area contributed by atoms with Crippen LogP contribution in [0.3, 0.4) is 0 Å². The molecule has 3 aliphatic carbocycles. The Morgan fingerprint density at radius 2 is 1.20 bits per heavy atom. The molecule has 308 valence electrons. The molecule has 0 aliphatic heterocycles. The van der Waals surface area contributed by atoms with Crippen molar-refractivity contribution in [3.05, 3.63) is 43.7 Å². The molecule has 12 heteroatoms. The second-order valence-electron chi connectivity index (χ2n) is 21.6. The van der Waals surface area contributed by atoms with Crippen LogP contribution in [0.1, 0.15) is 147 Å². The first-order valence-electron chi connectivity index (χ1n) is 20.4. The van der Waals surface area contributed by atoms with Crippen molar-refractivity contribution in [1.82, 2.24) is 24.5 Å². The van der Waals surface area contributed by atoms with Crippen molar-refractivity contribution < 1.29 is 19.8 Å². The molecule has 7 atom stereocenters. The van der Waals surface area contributed by atoms with E-state index in [1.807, 2.05) is 13.8 Å². The lowest BCUT2D eigenvalue weighted by Gasteiger charge is -2.49. The lowest BCUT2D eigenvalue weighted by atomic mass is 9.58. The van der Waals surface area contributed by atoms with E-state index in [2.05, 4.69) is 91.6 Å². The number of hydroxylamine groups is 1. The summed E-state index contributed by atoms with van der Waals surface area (Å²) in [6.45, 7) is 30.9. The summed E-state index contributed by atoms with van der Waals surface area (Å²) in [5.74, 6) is 0.520. The van der Waals surface area contributed by atoms with Crippen LogP contribution in [-0.4, -0.2) is 37.7 Å². The van der Waals surface area contributed by atoms with E-state index < -0.39 is 34.0 Å². The van der Waals surface area contributed by atoms with Crippen LogP contribution in [-0.2, 0) is 29.4 Å². The molecule has 0 aromatic carbocycles. The Hall–Kier alpha value is -2.86. The number of aromatic nitrogens is 3. The van der Waals surface area contributed by atoms with Crippen molar-refractivity contribution in [3.63, 3.8) is 0 Å². The van der Waals surface area contributed by atoms with Crippen molar-refractivity contribution in [3.8, 4) is 0 Å². The van der Waals surface area contributed by atoms with E-state index in [1.54, 1.807) is 0 Å². The summed E-state index contributed by atoms with van der Waals surface area (Å²) in [5, 5.41) is 12.1. The van der Waals surface area contributed by atoms with Crippen molar-refractivity contribution >= 4 is 6.09 Å². The minimum absolute atomic E-state index is 0.0506. The molecule has 0 radical (unpaired) electrons. The summed E-state index contributed by atoms with van der Waals surface area (Å²) in [5.41, 5.74) is -0.158. The number of allylic oxidation sites excluding steroid dienone is 1. The number of ether oxygens (including phenoxy) is 1. The van der Waals surface area contributed by atoms with Gasteiger partial charge in [0.15, 0.2) is 0 Å². The zero-order valence-electron chi connectivity index (χ0n) is 35.7. The fourth-order valence-corrected chi connectivity index (χ4v) is 12.4. The van der Waals surface area contributed by atoms with E-state index in [0.717, 1.165) is 51.4 Å². The quantitative estimate of drug-likeness (QED) is 0.137. The minimum Gasteiger partial charge on any atom is -0.450 e. The van der Waals surface area contributed by atoms with Crippen LogP contribution >= 0.6 is 0 Å². The van der Waals surface area contributed by atoms with Crippen molar-refractivity contribution in [2.75, 3.05) is 6.61 Å². The number of rotatable bonds is 13. The Morgan fingerprint density at radius 1 is 0.759 bits per heavy atom. The fourth-order valence-electron chi connectivity index (χ4n) is 12.4. The van der Waals surface area contributed by atoms with Crippen LogP contribution in [0, 0.1) is 50.2 Å². The summed E-state index contributed by atoms with van der Waals surface area (Å²) in [6.07, 6.45) is 7.54. The molecule has 3 N–H and O–H groups in total. The molecule has 3 saturated carbocycles. The molecule has 1 heterocycles. The number of hydrogen-bond donors (Lipinski definition) is 3. The monoisotopic (exact) mass is 760 g/mol. The Balaban J connectivity index is 1.82. The second-order valence-corrected chi connectivity index (χ2v) is 21.6. The molecule has 0 saturated heterocycles. The molecule has 7 unspecified atom stereocenters. The Bertz CT molecular complexity index is 1710. The Labute approximate surface area is 323 Å². The minimum atomic E-state index is -0.575. The molecule has 3 fully saturated rings. The van der Waals surface area contributed by atoms with E-state index in [9.17, 15) is 19.2 Å². The third-order valence-corrected chi connectivity index (χ3v) is 12.8. The molecule has 1 amide bonds. The zero-order chi connectivity index (χ0) is 40.7. The summed E-state index contributed by atoms with van der Waals surface area (Å²) >= 11 is 0. The molecule has 0 bridgehead atoms. The van der Waals surface area contributed by atoms with Crippen LogP contribution in [0.15, 0.2) is 26.7 Å². The van der Waals surface area contributed by atoms with Gasteiger partial charge < -0.3 is 10.1 Å². The van der Waals surface area contributed by atoms with Crippen molar-refractivity contribution in [2.45, 2.75) is 173 Å². The first-order valence-corrected chi connectivity index (χ1v) is 20.4. The highest BCUT2D eigenvalue weighted by molar-refractivity contribution is 5.67. The molecule has 4 rings (SSSR count). The maximum atomic E-state index is 14.8. The molecule has 1 aromatic heterocycles. The molecule has 1 aromatic rings. The van der Waals surface area contributed by atoms with Crippen molar-refractivity contribution in [1.29, 1.82) is 0 Å². The second kappa shape index (κ2) is 15.9. The van der Waals surface area contributed by atoms with E-state index >= 15 is 0 Å². The van der Waals surface area contributed by atoms with Gasteiger partial charge in [-0.1, -0.05) is 89.7 Å².